The van der Waals surface area contributed by atoms with E-state index in [1.54, 1.807) is 0 Å². The van der Waals surface area contributed by atoms with Gasteiger partial charge in [0.25, 0.3) is 0 Å². The van der Waals surface area contributed by atoms with Gasteiger partial charge in [0.1, 0.15) is 11.6 Å². The lowest BCUT2D eigenvalue weighted by Gasteiger charge is -2.44. The molecule has 0 bridgehead atoms. The summed E-state index contributed by atoms with van der Waals surface area (Å²) in [5.74, 6) is -1.73. The van der Waals surface area contributed by atoms with Crippen molar-refractivity contribution in [2.45, 2.75) is 49.9 Å². The topological polar surface area (TPSA) is 94.1 Å². The van der Waals surface area contributed by atoms with Crippen molar-refractivity contribution < 1.29 is 41.4 Å². The fourth-order valence-electron chi connectivity index (χ4n) is 3.94. The van der Waals surface area contributed by atoms with Crippen molar-refractivity contribution in [1.29, 1.82) is 0 Å². The van der Waals surface area contributed by atoms with Crippen LogP contribution in [0.1, 0.15) is 24.8 Å². The number of nitrogens with zero attached hydrogens (tertiary/aromatic N) is 2. The number of nitrogens with one attached hydrogen (secondary N) is 2. The Labute approximate surface area is 186 Å². The highest BCUT2D eigenvalue weighted by Gasteiger charge is 2.47. The van der Waals surface area contributed by atoms with Gasteiger partial charge in [0.05, 0.1) is 19.2 Å². The van der Waals surface area contributed by atoms with Crippen molar-refractivity contribution in [2.24, 2.45) is 0 Å². The molecule has 0 aromatic heterocycles. The number of halogens is 5. The Balaban J connectivity index is 1.70. The van der Waals surface area contributed by atoms with Crippen molar-refractivity contribution in [3.63, 3.8) is 0 Å². The standard InChI is InChI=1S/C20H25F5N4O4/c1-26-17(31)28-9-14(7-19(22,10-28)11-30)29(13-3-4-13)18(32)27-8-12-2-5-15(6-16(12)21)33-20(23,24)25/h2,5-6,13-14,30H,3-4,7-11H2,1H3,(H,26,31)(H,27,32). The lowest BCUT2D eigenvalue weighted by molar-refractivity contribution is -0.274. The van der Waals surface area contributed by atoms with E-state index in [1.807, 2.05) is 0 Å². The third-order valence-corrected chi connectivity index (χ3v) is 5.55. The zero-order valence-electron chi connectivity index (χ0n) is 17.8. The van der Waals surface area contributed by atoms with E-state index >= 15 is 4.39 Å². The van der Waals surface area contributed by atoms with Crippen LogP contribution in [0.25, 0.3) is 0 Å². The molecule has 0 radical (unpaired) electrons. The van der Waals surface area contributed by atoms with Gasteiger partial charge >= 0.3 is 18.4 Å². The summed E-state index contributed by atoms with van der Waals surface area (Å²) in [6, 6.07) is 0.450. The molecule has 1 saturated heterocycles. The first-order valence-electron chi connectivity index (χ1n) is 10.3. The van der Waals surface area contributed by atoms with Crippen LogP contribution in [-0.2, 0) is 6.54 Å². The van der Waals surface area contributed by atoms with Gasteiger partial charge in [0.15, 0.2) is 5.67 Å². The summed E-state index contributed by atoms with van der Waals surface area (Å²) in [4.78, 5) is 27.6. The van der Waals surface area contributed by atoms with Gasteiger partial charge in [0.2, 0.25) is 0 Å². The lowest BCUT2D eigenvalue weighted by atomic mass is 9.91. The number of amides is 4. The van der Waals surface area contributed by atoms with Crippen molar-refractivity contribution in [3.8, 4) is 5.75 Å². The Morgan fingerprint density at radius 2 is 2.00 bits per heavy atom. The van der Waals surface area contributed by atoms with E-state index in [-0.39, 0.29) is 37.7 Å². The quantitative estimate of drug-likeness (QED) is 0.546. The number of benzene rings is 1. The maximum Gasteiger partial charge on any atom is 0.573 e. The van der Waals surface area contributed by atoms with Gasteiger partial charge < -0.3 is 30.3 Å². The maximum absolute atomic E-state index is 15.1. The van der Waals surface area contributed by atoms with Crippen LogP contribution in [0, 0.1) is 5.82 Å². The summed E-state index contributed by atoms with van der Waals surface area (Å²) < 4.78 is 69.8. The predicted octanol–water partition coefficient (Wildman–Crippen LogP) is 2.51. The van der Waals surface area contributed by atoms with E-state index in [0.717, 1.165) is 12.1 Å². The predicted molar refractivity (Wildman–Crippen MR) is 106 cm³/mol. The van der Waals surface area contributed by atoms with Gasteiger partial charge in [-0.2, -0.15) is 0 Å². The Kier molecular flexibility index (Phi) is 7.20. The number of urea groups is 2. The molecule has 2 unspecified atom stereocenters. The summed E-state index contributed by atoms with van der Waals surface area (Å²) >= 11 is 0. The van der Waals surface area contributed by atoms with Gasteiger partial charge in [0, 0.05) is 44.2 Å². The largest absolute Gasteiger partial charge is 0.573 e. The molecule has 184 valence electrons. The third-order valence-electron chi connectivity index (χ3n) is 5.55. The molecule has 2 atom stereocenters. The van der Waals surface area contributed by atoms with Crippen LogP contribution in [0.3, 0.4) is 0 Å². The summed E-state index contributed by atoms with van der Waals surface area (Å²) in [5, 5.41) is 14.4. The Morgan fingerprint density at radius 3 is 2.55 bits per heavy atom. The second-order valence-electron chi connectivity index (χ2n) is 8.20. The van der Waals surface area contributed by atoms with Crippen LogP contribution >= 0.6 is 0 Å². The second kappa shape index (κ2) is 9.57. The van der Waals surface area contributed by atoms with Crippen LogP contribution in [0.15, 0.2) is 18.2 Å². The zero-order chi connectivity index (χ0) is 24.4. The van der Waals surface area contributed by atoms with E-state index in [9.17, 15) is 32.3 Å². The molecule has 1 aromatic carbocycles. The van der Waals surface area contributed by atoms with Crippen LogP contribution in [-0.4, -0.2) is 77.8 Å². The molecular weight excluding hydrogens is 455 g/mol. The van der Waals surface area contributed by atoms with Crippen LogP contribution in [0.2, 0.25) is 0 Å². The average Bonchev–Trinajstić information content (AvgIpc) is 3.56. The monoisotopic (exact) mass is 480 g/mol. The molecule has 2 aliphatic rings. The van der Waals surface area contributed by atoms with Gasteiger partial charge in [-0.15, -0.1) is 13.2 Å². The Hall–Kier alpha value is -2.83. The first-order chi connectivity index (χ1) is 15.4. The molecule has 3 N–H and O–H groups in total. The number of piperidine rings is 1. The molecule has 33 heavy (non-hydrogen) atoms. The second-order valence-corrected chi connectivity index (χ2v) is 8.20. The summed E-state index contributed by atoms with van der Waals surface area (Å²) in [7, 11) is 1.38. The minimum absolute atomic E-state index is 0.0487. The number of carbonyl (C=O) groups excluding carboxylic acids is 2. The number of aliphatic hydroxyl groups excluding tert-OH is 1. The summed E-state index contributed by atoms with van der Waals surface area (Å²) in [6.45, 7) is -1.42. The average molecular weight is 480 g/mol. The number of rotatable bonds is 6. The zero-order valence-corrected chi connectivity index (χ0v) is 17.8. The van der Waals surface area contributed by atoms with Gasteiger partial charge in [-0.1, -0.05) is 6.07 Å². The molecular formula is C20H25F5N4O4. The number of hydrogen-bond donors (Lipinski definition) is 3. The van der Waals surface area contributed by atoms with Crippen molar-refractivity contribution in [2.75, 3.05) is 26.7 Å². The minimum atomic E-state index is -4.96. The molecule has 0 spiro atoms. The number of likely N-dealkylation sites (tertiary alicyclic amines) is 1. The number of hydrogen-bond acceptors (Lipinski definition) is 4. The van der Waals surface area contributed by atoms with Crippen LogP contribution in [0.5, 0.6) is 5.75 Å². The normalized spacial score (nSPS) is 23.1. The number of aliphatic hydroxyl groups is 1. The van der Waals surface area contributed by atoms with E-state index in [2.05, 4.69) is 15.4 Å². The maximum atomic E-state index is 15.1. The fourth-order valence-corrected chi connectivity index (χ4v) is 3.94. The van der Waals surface area contributed by atoms with Gasteiger partial charge in [-0.25, -0.2) is 18.4 Å². The molecule has 1 aromatic rings. The lowest BCUT2D eigenvalue weighted by Crippen LogP contribution is -2.62. The molecule has 4 amide bonds. The Bertz CT molecular complexity index is 883. The molecule has 13 heteroatoms. The van der Waals surface area contributed by atoms with Crippen molar-refractivity contribution >= 4 is 12.1 Å². The highest BCUT2D eigenvalue weighted by molar-refractivity contribution is 5.76. The van der Waals surface area contributed by atoms with Crippen molar-refractivity contribution in [1.82, 2.24) is 20.4 Å². The first kappa shape index (κ1) is 24.8. The van der Waals surface area contributed by atoms with Gasteiger partial charge in [-0.05, 0) is 18.9 Å². The van der Waals surface area contributed by atoms with E-state index in [0.29, 0.717) is 18.9 Å². The SMILES string of the molecule is CNC(=O)N1CC(N(C(=O)NCc2ccc(OC(F)(F)F)cc2F)C2CC2)CC(F)(CO)C1. The molecule has 2 fully saturated rings. The molecule has 1 aliphatic heterocycles. The Morgan fingerprint density at radius 1 is 1.30 bits per heavy atom. The highest BCUT2D eigenvalue weighted by atomic mass is 19.4. The summed E-state index contributed by atoms with van der Waals surface area (Å²) in [5.41, 5.74) is -2.16. The molecule has 1 aliphatic carbocycles. The van der Waals surface area contributed by atoms with Crippen LogP contribution < -0.4 is 15.4 Å². The van der Waals surface area contributed by atoms with E-state index in [4.69, 9.17) is 0 Å². The highest BCUT2D eigenvalue weighted by Crippen LogP contribution is 2.35. The summed E-state index contributed by atoms with van der Waals surface area (Å²) in [6.07, 6.45) is -3.81. The number of carbonyl (C=O) groups is 2. The molecule has 8 nitrogen and oxygen atoms in total. The number of alkyl halides is 4. The molecule has 1 heterocycles. The fraction of sp³-hybridized carbons (Fsp3) is 0.600. The minimum Gasteiger partial charge on any atom is -0.406 e. The smallest absolute Gasteiger partial charge is 0.406 e. The van der Waals surface area contributed by atoms with Crippen molar-refractivity contribution in [3.05, 3.63) is 29.6 Å². The molecule has 3 rings (SSSR count). The van der Waals surface area contributed by atoms with E-state index < -0.39 is 48.3 Å². The number of ether oxygens (including phenoxy) is 1. The van der Waals surface area contributed by atoms with Gasteiger partial charge in [-0.3, -0.25) is 0 Å². The first-order valence-corrected chi connectivity index (χ1v) is 10.3. The van der Waals surface area contributed by atoms with Crippen LogP contribution in [0.4, 0.5) is 31.5 Å². The third kappa shape index (κ3) is 6.36. The van der Waals surface area contributed by atoms with E-state index in [1.165, 1.54) is 16.8 Å². The molecule has 1 saturated carbocycles.